The minimum absolute atomic E-state index is 0.0699. The zero-order valence-corrected chi connectivity index (χ0v) is 16.2. The third-order valence-corrected chi connectivity index (χ3v) is 8.25. The van der Waals surface area contributed by atoms with E-state index in [4.69, 9.17) is 0 Å². The number of thiophene rings is 1. The molecule has 0 saturated carbocycles. The first-order valence-corrected chi connectivity index (χ1v) is 11.2. The Hall–Kier alpha value is -1.19. The molecular weight excluding hydrogens is 366 g/mol. The Bertz CT molecular complexity index is 892. The van der Waals surface area contributed by atoms with Crippen LogP contribution < -0.4 is 0 Å². The van der Waals surface area contributed by atoms with E-state index in [-0.39, 0.29) is 29.2 Å². The molecule has 0 spiro atoms. The van der Waals surface area contributed by atoms with E-state index in [0.717, 1.165) is 20.8 Å². The van der Waals surface area contributed by atoms with E-state index in [2.05, 4.69) is 16.9 Å². The van der Waals surface area contributed by atoms with E-state index in [1.165, 1.54) is 23.0 Å². The minimum Gasteiger partial charge on any atom is -0.341 e. The van der Waals surface area contributed by atoms with Gasteiger partial charge in [0.25, 0.3) is 0 Å². The van der Waals surface area contributed by atoms with Gasteiger partial charge >= 0.3 is 0 Å². The zero-order chi connectivity index (χ0) is 17.5. The highest BCUT2D eigenvalue weighted by Crippen LogP contribution is 2.34. The zero-order valence-electron chi connectivity index (χ0n) is 13.8. The molecule has 1 aliphatic heterocycles. The van der Waals surface area contributed by atoms with Crippen LogP contribution in [-0.2, 0) is 14.6 Å². The van der Waals surface area contributed by atoms with Crippen LogP contribution >= 0.6 is 23.1 Å². The maximum Gasteiger partial charge on any atom is 0.233 e. The monoisotopic (exact) mass is 385 g/mol. The molecule has 1 aliphatic rings. The lowest BCUT2D eigenvalue weighted by molar-refractivity contribution is -0.128. The molecule has 0 bridgehead atoms. The quantitative estimate of drug-likeness (QED) is 0.592. The smallest absolute Gasteiger partial charge is 0.233 e. The molecule has 3 heterocycles. The Morgan fingerprint density at radius 3 is 2.83 bits per heavy atom. The summed E-state index contributed by atoms with van der Waals surface area (Å²) in [5.41, 5.74) is 1.15. The van der Waals surface area contributed by atoms with E-state index in [1.807, 2.05) is 6.92 Å². The first kappa shape index (κ1) is 17.6. The van der Waals surface area contributed by atoms with E-state index >= 15 is 0 Å². The fourth-order valence-corrected chi connectivity index (χ4v) is 6.59. The molecule has 0 aromatic carbocycles. The Labute approximate surface area is 149 Å². The molecule has 9 heteroatoms. The highest BCUT2D eigenvalue weighted by molar-refractivity contribution is 8.00. The second-order valence-corrected chi connectivity index (χ2v) is 10.4. The van der Waals surface area contributed by atoms with Gasteiger partial charge in [0.2, 0.25) is 5.91 Å². The van der Waals surface area contributed by atoms with Crippen molar-refractivity contribution in [2.45, 2.75) is 31.3 Å². The summed E-state index contributed by atoms with van der Waals surface area (Å²) in [6.07, 6.45) is 2.05. The van der Waals surface area contributed by atoms with Crippen LogP contribution in [0.5, 0.6) is 0 Å². The molecular formula is C15H19N3O3S3. The fraction of sp³-hybridized carbons (Fsp3) is 0.533. The van der Waals surface area contributed by atoms with Crippen LogP contribution in [0.4, 0.5) is 0 Å². The highest BCUT2D eigenvalue weighted by atomic mass is 32.2. The van der Waals surface area contributed by atoms with E-state index in [9.17, 15) is 13.2 Å². The van der Waals surface area contributed by atoms with Gasteiger partial charge in [-0.05, 0) is 25.8 Å². The van der Waals surface area contributed by atoms with E-state index in [0.29, 0.717) is 6.42 Å². The Balaban J connectivity index is 1.71. The van der Waals surface area contributed by atoms with Crippen LogP contribution in [0.2, 0.25) is 0 Å². The first-order valence-electron chi connectivity index (χ1n) is 7.58. The average Bonchev–Trinajstić information content (AvgIpc) is 3.04. The summed E-state index contributed by atoms with van der Waals surface area (Å²) in [6, 6.07) is -0.210. The van der Waals surface area contributed by atoms with Crippen LogP contribution in [0, 0.1) is 13.8 Å². The first-order chi connectivity index (χ1) is 11.3. The maximum atomic E-state index is 12.4. The largest absolute Gasteiger partial charge is 0.341 e. The van der Waals surface area contributed by atoms with Crippen molar-refractivity contribution in [3.05, 3.63) is 16.8 Å². The van der Waals surface area contributed by atoms with Gasteiger partial charge in [-0.1, -0.05) is 11.8 Å². The SMILES string of the molecule is Cc1sc2ncnc(SCC(=O)N(C)[C@@H]3CCS(=O)(=O)C3)c2c1C. The lowest BCUT2D eigenvalue weighted by atomic mass is 10.2. The molecule has 0 unspecified atom stereocenters. The normalized spacial score (nSPS) is 19.7. The summed E-state index contributed by atoms with van der Waals surface area (Å²) in [6.45, 7) is 4.09. The molecule has 0 radical (unpaired) electrons. The molecule has 2 aromatic rings. The number of sulfone groups is 1. The number of aryl methyl sites for hydroxylation is 2. The van der Waals surface area contributed by atoms with Crippen LogP contribution in [0.1, 0.15) is 16.9 Å². The number of thioether (sulfide) groups is 1. The predicted octanol–water partition coefficient (Wildman–Crippen LogP) is 2.05. The minimum atomic E-state index is -2.99. The Morgan fingerprint density at radius 1 is 1.42 bits per heavy atom. The highest BCUT2D eigenvalue weighted by Gasteiger charge is 2.32. The van der Waals surface area contributed by atoms with Gasteiger partial charge < -0.3 is 4.90 Å². The molecule has 1 fully saturated rings. The van der Waals surface area contributed by atoms with Gasteiger partial charge in [0, 0.05) is 23.4 Å². The van der Waals surface area contributed by atoms with Gasteiger partial charge in [0.05, 0.1) is 17.3 Å². The lowest BCUT2D eigenvalue weighted by Crippen LogP contribution is -2.38. The number of hydrogen-bond acceptors (Lipinski definition) is 7. The molecule has 1 atom stereocenters. The molecule has 3 rings (SSSR count). The van der Waals surface area contributed by atoms with Crippen LogP contribution in [-0.4, -0.2) is 59.5 Å². The van der Waals surface area contributed by atoms with Crippen molar-refractivity contribution in [2.75, 3.05) is 24.3 Å². The molecule has 1 saturated heterocycles. The van der Waals surface area contributed by atoms with Gasteiger partial charge in [0.1, 0.15) is 16.2 Å². The maximum absolute atomic E-state index is 12.4. The van der Waals surface area contributed by atoms with Crippen molar-refractivity contribution in [2.24, 2.45) is 0 Å². The number of amides is 1. The number of rotatable bonds is 4. The van der Waals surface area contributed by atoms with E-state index < -0.39 is 9.84 Å². The Kier molecular flexibility index (Phi) is 4.85. The standard InChI is InChI=1S/C15H19N3O3S3/c1-9-10(2)23-15-13(9)14(16-8-17-15)22-6-12(19)18(3)11-4-5-24(20,21)7-11/h8,11H,4-7H2,1-3H3/t11-/m1/s1. The van der Waals surface area contributed by atoms with Crippen molar-refractivity contribution in [1.82, 2.24) is 14.9 Å². The summed E-state index contributed by atoms with van der Waals surface area (Å²) in [5.74, 6) is 0.412. The second-order valence-electron chi connectivity index (χ2n) is 5.99. The molecule has 1 amide bonds. The van der Waals surface area contributed by atoms with Crippen molar-refractivity contribution in [3.8, 4) is 0 Å². The molecule has 2 aromatic heterocycles. The van der Waals surface area contributed by atoms with Gasteiger partial charge in [0.15, 0.2) is 9.84 Å². The second kappa shape index (κ2) is 6.61. The van der Waals surface area contributed by atoms with Crippen molar-refractivity contribution >= 4 is 49.1 Å². The van der Waals surface area contributed by atoms with Gasteiger partial charge in [-0.2, -0.15) is 0 Å². The number of hydrogen-bond donors (Lipinski definition) is 0. The summed E-state index contributed by atoms with van der Waals surface area (Å²) < 4.78 is 23.1. The molecule has 130 valence electrons. The third kappa shape index (κ3) is 3.43. The van der Waals surface area contributed by atoms with Crippen LogP contribution in [0.25, 0.3) is 10.2 Å². The number of carbonyl (C=O) groups excluding carboxylic acids is 1. The summed E-state index contributed by atoms with van der Waals surface area (Å²) in [5, 5.41) is 1.83. The van der Waals surface area contributed by atoms with E-state index in [1.54, 1.807) is 23.3 Å². The lowest BCUT2D eigenvalue weighted by Gasteiger charge is -2.23. The number of aromatic nitrogens is 2. The number of carbonyl (C=O) groups is 1. The summed E-state index contributed by atoms with van der Waals surface area (Å²) >= 11 is 3.01. The molecule has 0 aliphatic carbocycles. The van der Waals surface area contributed by atoms with Gasteiger partial charge in [-0.3, -0.25) is 4.79 Å². The molecule has 0 N–H and O–H groups in total. The predicted molar refractivity (Wildman–Crippen MR) is 97.4 cm³/mol. The van der Waals surface area contributed by atoms with Crippen LogP contribution in [0.15, 0.2) is 11.4 Å². The van der Waals surface area contributed by atoms with Gasteiger partial charge in [-0.15, -0.1) is 11.3 Å². The van der Waals surface area contributed by atoms with Crippen LogP contribution in [0.3, 0.4) is 0 Å². The average molecular weight is 386 g/mol. The molecule has 6 nitrogen and oxygen atoms in total. The Morgan fingerprint density at radius 2 is 2.17 bits per heavy atom. The third-order valence-electron chi connectivity index (χ3n) is 4.41. The molecule has 24 heavy (non-hydrogen) atoms. The van der Waals surface area contributed by atoms with Gasteiger partial charge in [-0.25, -0.2) is 18.4 Å². The fourth-order valence-electron chi connectivity index (χ4n) is 2.78. The number of fused-ring (bicyclic) bond motifs is 1. The summed E-state index contributed by atoms with van der Waals surface area (Å²) in [4.78, 5) is 24.7. The topological polar surface area (TPSA) is 80.2 Å². The van der Waals surface area contributed by atoms with Crippen molar-refractivity contribution < 1.29 is 13.2 Å². The van der Waals surface area contributed by atoms with Crippen molar-refractivity contribution in [1.29, 1.82) is 0 Å². The number of nitrogens with zero attached hydrogens (tertiary/aromatic N) is 3. The van der Waals surface area contributed by atoms with Crippen molar-refractivity contribution in [3.63, 3.8) is 0 Å². The summed E-state index contributed by atoms with van der Waals surface area (Å²) in [7, 11) is -1.31.